The van der Waals surface area contributed by atoms with Crippen LogP contribution in [-0.4, -0.2) is 21.6 Å². The quantitative estimate of drug-likeness (QED) is 0.500. The zero-order valence-corrected chi connectivity index (χ0v) is 12.2. The van der Waals surface area contributed by atoms with Crippen LogP contribution in [0.15, 0.2) is 35.0 Å². The fourth-order valence-electron chi connectivity index (χ4n) is 2.48. The third-order valence-electron chi connectivity index (χ3n) is 3.52. The lowest BCUT2D eigenvalue weighted by Gasteiger charge is -2.36. The molecule has 0 radical (unpaired) electrons. The summed E-state index contributed by atoms with van der Waals surface area (Å²) in [5.41, 5.74) is 2.20. The average Bonchev–Trinajstić information content (AvgIpc) is 2.36. The van der Waals surface area contributed by atoms with Gasteiger partial charge in [0.05, 0.1) is 5.71 Å². The van der Waals surface area contributed by atoms with Crippen LogP contribution in [-0.2, 0) is 0 Å². The van der Waals surface area contributed by atoms with Gasteiger partial charge in [-0.05, 0) is 45.7 Å². The molecule has 0 bridgehead atoms. The maximum Gasteiger partial charge on any atom is 0.133 e. The Morgan fingerprint density at radius 1 is 1.45 bits per heavy atom. The highest BCUT2D eigenvalue weighted by atomic mass is 16.5. The van der Waals surface area contributed by atoms with Crippen molar-refractivity contribution in [1.82, 2.24) is 0 Å². The van der Waals surface area contributed by atoms with E-state index in [9.17, 15) is 10.3 Å². The van der Waals surface area contributed by atoms with E-state index in [1.54, 1.807) is 18.2 Å². The molecule has 1 aromatic rings. The third-order valence-corrected chi connectivity index (χ3v) is 3.52. The van der Waals surface area contributed by atoms with Crippen LogP contribution in [0, 0.1) is 0 Å². The molecule has 0 aliphatic carbocycles. The Labute approximate surface area is 119 Å². The summed E-state index contributed by atoms with van der Waals surface area (Å²) < 4.78 is 6.03. The number of benzene rings is 1. The maximum atomic E-state index is 9.57. The number of nitrogens with zero attached hydrogens (tertiary/aromatic N) is 1. The van der Waals surface area contributed by atoms with Gasteiger partial charge in [0, 0.05) is 18.1 Å². The Bertz CT molecular complexity index is 559. The molecule has 0 aromatic heterocycles. The zero-order valence-electron chi connectivity index (χ0n) is 12.2. The second-order valence-electron chi connectivity index (χ2n) is 5.78. The van der Waals surface area contributed by atoms with Crippen LogP contribution in [0.5, 0.6) is 11.5 Å². The molecule has 108 valence electrons. The Balaban J connectivity index is 2.26. The fourth-order valence-corrected chi connectivity index (χ4v) is 2.48. The minimum atomic E-state index is -0.422. The molecule has 2 rings (SSSR count). The molecule has 0 spiro atoms. The van der Waals surface area contributed by atoms with Crippen molar-refractivity contribution < 1.29 is 15.1 Å². The van der Waals surface area contributed by atoms with Crippen molar-refractivity contribution in [3.05, 3.63) is 35.4 Å². The molecule has 1 aliphatic rings. The lowest BCUT2D eigenvalue weighted by molar-refractivity contribution is 0.0803. The van der Waals surface area contributed by atoms with Gasteiger partial charge in [-0.25, -0.2) is 0 Å². The van der Waals surface area contributed by atoms with E-state index < -0.39 is 5.60 Å². The van der Waals surface area contributed by atoms with Gasteiger partial charge in [-0.3, -0.25) is 0 Å². The van der Waals surface area contributed by atoms with Gasteiger partial charge < -0.3 is 15.1 Å². The van der Waals surface area contributed by atoms with Gasteiger partial charge in [-0.15, -0.1) is 0 Å². The van der Waals surface area contributed by atoms with Crippen molar-refractivity contribution in [2.45, 2.75) is 45.6 Å². The lowest BCUT2D eigenvalue weighted by atomic mass is 9.87. The summed E-state index contributed by atoms with van der Waals surface area (Å²) >= 11 is 0. The van der Waals surface area contributed by atoms with Gasteiger partial charge in [0.25, 0.3) is 0 Å². The summed E-state index contributed by atoms with van der Waals surface area (Å²) in [5.74, 6) is 0.721. The molecule has 4 heteroatoms. The van der Waals surface area contributed by atoms with Crippen molar-refractivity contribution in [2.24, 2.45) is 5.16 Å². The summed E-state index contributed by atoms with van der Waals surface area (Å²) in [7, 11) is 0. The molecule has 1 heterocycles. The van der Waals surface area contributed by atoms with Crippen LogP contribution in [0.25, 0.3) is 0 Å². The van der Waals surface area contributed by atoms with E-state index in [-0.39, 0.29) is 5.75 Å². The highest BCUT2D eigenvalue weighted by Crippen LogP contribution is 2.37. The van der Waals surface area contributed by atoms with E-state index in [0.717, 1.165) is 18.4 Å². The number of phenols is 1. The molecule has 0 saturated heterocycles. The smallest absolute Gasteiger partial charge is 0.133 e. The minimum absolute atomic E-state index is 0.148. The molecule has 1 aromatic carbocycles. The van der Waals surface area contributed by atoms with Crippen molar-refractivity contribution in [1.29, 1.82) is 0 Å². The Morgan fingerprint density at radius 2 is 2.20 bits per heavy atom. The molecule has 1 unspecified atom stereocenters. The van der Waals surface area contributed by atoms with E-state index in [0.29, 0.717) is 17.9 Å². The van der Waals surface area contributed by atoms with Gasteiger partial charge in [-0.1, -0.05) is 16.8 Å². The fraction of sp³-hybridized carbons (Fsp3) is 0.438. The molecular formula is C16H21NO3. The molecular weight excluding hydrogens is 254 g/mol. The largest absolute Gasteiger partial charge is 0.508 e. The van der Waals surface area contributed by atoms with E-state index in [4.69, 9.17) is 4.74 Å². The Morgan fingerprint density at radius 3 is 2.85 bits per heavy atom. The predicted molar refractivity (Wildman–Crippen MR) is 78.7 cm³/mol. The van der Waals surface area contributed by atoms with E-state index >= 15 is 0 Å². The van der Waals surface area contributed by atoms with Crippen molar-refractivity contribution in [3.63, 3.8) is 0 Å². The van der Waals surface area contributed by atoms with E-state index in [1.807, 2.05) is 6.92 Å². The average molecular weight is 275 g/mol. The second-order valence-corrected chi connectivity index (χ2v) is 5.78. The SMILES string of the molecule is CC(C)=CCCC1(C)C/C(=N/O)c2ccc(O)cc2O1. The normalized spacial score (nSPS) is 23.1. The summed E-state index contributed by atoms with van der Waals surface area (Å²) in [6.07, 6.45) is 4.46. The van der Waals surface area contributed by atoms with Crippen molar-refractivity contribution in [3.8, 4) is 11.5 Å². The standard InChI is InChI=1S/C16H21NO3/c1-11(2)5-4-8-16(3)10-14(17-19)13-7-6-12(18)9-15(13)20-16/h5-7,9,18-19H,4,8,10H2,1-3H3/b17-14-. The number of fused-ring (bicyclic) bond motifs is 1. The summed E-state index contributed by atoms with van der Waals surface area (Å²) in [4.78, 5) is 0. The molecule has 0 fully saturated rings. The first-order valence-electron chi connectivity index (χ1n) is 6.80. The Kier molecular flexibility index (Phi) is 4.02. The molecule has 20 heavy (non-hydrogen) atoms. The number of rotatable bonds is 3. The van der Waals surface area contributed by atoms with Gasteiger partial charge in [-0.2, -0.15) is 0 Å². The molecule has 1 aliphatic heterocycles. The first-order chi connectivity index (χ1) is 9.43. The number of phenolic OH excluding ortho intramolecular Hbond substituents is 1. The summed E-state index contributed by atoms with van der Waals surface area (Å²) in [6, 6.07) is 4.85. The van der Waals surface area contributed by atoms with Crippen molar-refractivity contribution >= 4 is 5.71 Å². The highest BCUT2D eigenvalue weighted by Gasteiger charge is 2.35. The number of ether oxygens (including phenoxy) is 1. The van der Waals surface area contributed by atoms with Crippen molar-refractivity contribution in [2.75, 3.05) is 0 Å². The van der Waals surface area contributed by atoms with Gasteiger partial charge >= 0.3 is 0 Å². The van der Waals surface area contributed by atoms with E-state index in [1.165, 1.54) is 5.57 Å². The van der Waals surface area contributed by atoms with Crippen LogP contribution in [0.4, 0.5) is 0 Å². The monoisotopic (exact) mass is 275 g/mol. The predicted octanol–water partition coefficient (Wildman–Crippen LogP) is 3.86. The second kappa shape index (κ2) is 5.57. The molecule has 2 N–H and O–H groups in total. The van der Waals surface area contributed by atoms with Gasteiger partial charge in [0.15, 0.2) is 0 Å². The minimum Gasteiger partial charge on any atom is -0.508 e. The van der Waals surface area contributed by atoms with Crippen LogP contribution >= 0.6 is 0 Å². The maximum absolute atomic E-state index is 9.57. The van der Waals surface area contributed by atoms with Gasteiger partial charge in [0.2, 0.25) is 0 Å². The van der Waals surface area contributed by atoms with Crippen LogP contribution in [0.1, 0.15) is 45.6 Å². The zero-order chi connectivity index (χ0) is 14.8. The summed E-state index contributed by atoms with van der Waals surface area (Å²) in [5, 5.41) is 22.2. The number of hydrogen-bond donors (Lipinski definition) is 2. The summed E-state index contributed by atoms with van der Waals surface area (Å²) in [6.45, 7) is 6.14. The topological polar surface area (TPSA) is 62.1 Å². The number of oxime groups is 1. The lowest BCUT2D eigenvalue weighted by Crippen LogP contribution is -2.39. The van der Waals surface area contributed by atoms with Crippen LogP contribution < -0.4 is 4.74 Å². The molecule has 4 nitrogen and oxygen atoms in total. The number of hydrogen-bond acceptors (Lipinski definition) is 4. The first kappa shape index (κ1) is 14.4. The third kappa shape index (κ3) is 3.13. The number of aromatic hydroxyl groups is 1. The van der Waals surface area contributed by atoms with Gasteiger partial charge in [0.1, 0.15) is 17.1 Å². The van der Waals surface area contributed by atoms with E-state index in [2.05, 4.69) is 25.1 Å². The molecule has 0 amide bonds. The highest BCUT2D eigenvalue weighted by molar-refractivity contribution is 6.04. The molecule has 1 atom stereocenters. The van der Waals surface area contributed by atoms with Crippen LogP contribution in [0.3, 0.4) is 0 Å². The van der Waals surface area contributed by atoms with Crippen LogP contribution in [0.2, 0.25) is 0 Å². The number of allylic oxidation sites excluding steroid dienone is 2. The first-order valence-corrected chi connectivity index (χ1v) is 6.80. The molecule has 0 saturated carbocycles. The Hall–Kier alpha value is -1.97.